The predicted octanol–water partition coefficient (Wildman–Crippen LogP) is 3.29. The molecule has 20 heavy (non-hydrogen) atoms. The van der Waals surface area contributed by atoms with Gasteiger partial charge < -0.3 is 5.11 Å². The predicted molar refractivity (Wildman–Crippen MR) is 84.0 cm³/mol. The standard InChI is InChI=1S/C16H23NO2S/c1-12(2)17-16(15(18)19)9-8-14(10-16)20-11-13-6-4-3-5-7-13/h3-7,12,14,17H,8-11H2,1-2H3,(H,18,19). The molecule has 110 valence electrons. The van der Waals surface area contributed by atoms with Gasteiger partial charge in [-0.25, -0.2) is 0 Å². The lowest BCUT2D eigenvalue weighted by Gasteiger charge is -2.28. The van der Waals surface area contributed by atoms with Crippen molar-refractivity contribution in [1.29, 1.82) is 0 Å². The smallest absolute Gasteiger partial charge is 0.323 e. The van der Waals surface area contributed by atoms with Gasteiger partial charge in [-0.2, -0.15) is 11.8 Å². The van der Waals surface area contributed by atoms with Crippen LogP contribution in [0.25, 0.3) is 0 Å². The van der Waals surface area contributed by atoms with Crippen molar-refractivity contribution in [3.8, 4) is 0 Å². The lowest BCUT2D eigenvalue weighted by molar-refractivity contribution is -0.145. The number of nitrogens with one attached hydrogen (secondary N) is 1. The second-order valence-corrected chi connectivity index (χ2v) is 7.14. The summed E-state index contributed by atoms with van der Waals surface area (Å²) in [4.78, 5) is 11.6. The molecule has 4 heteroatoms. The number of rotatable bonds is 6. The molecule has 0 aromatic heterocycles. The Morgan fingerprint density at radius 2 is 2.15 bits per heavy atom. The molecule has 0 amide bonds. The van der Waals surface area contributed by atoms with Crippen molar-refractivity contribution in [2.45, 2.75) is 55.7 Å². The van der Waals surface area contributed by atoms with Crippen LogP contribution < -0.4 is 5.32 Å². The normalized spacial score (nSPS) is 26.1. The number of hydrogen-bond donors (Lipinski definition) is 2. The molecule has 2 N–H and O–H groups in total. The SMILES string of the molecule is CC(C)NC1(C(=O)O)CCC(SCc2ccccc2)C1. The van der Waals surface area contributed by atoms with Gasteiger partial charge in [0.25, 0.3) is 0 Å². The number of hydrogen-bond acceptors (Lipinski definition) is 3. The molecule has 1 aromatic carbocycles. The van der Waals surface area contributed by atoms with Crippen molar-refractivity contribution in [1.82, 2.24) is 5.32 Å². The molecule has 0 bridgehead atoms. The first-order chi connectivity index (χ1) is 9.52. The Kier molecular flexibility index (Phi) is 5.11. The van der Waals surface area contributed by atoms with Gasteiger partial charge in [-0.3, -0.25) is 10.1 Å². The average molecular weight is 293 g/mol. The summed E-state index contributed by atoms with van der Waals surface area (Å²) in [6.45, 7) is 4.02. The van der Waals surface area contributed by atoms with Gasteiger partial charge in [-0.1, -0.05) is 30.3 Å². The maximum Gasteiger partial charge on any atom is 0.323 e. The molecule has 0 aliphatic heterocycles. The highest BCUT2D eigenvalue weighted by atomic mass is 32.2. The molecule has 1 saturated carbocycles. The summed E-state index contributed by atoms with van der Waals surface area (Å²) >= 11 is 1.88. The largest absolute Gasteiger partial charge is 0.480 e. The minimum atomic E-state index is -0.720. The highest BCUT2D eigenvalue weighted by molar-refractivity contribution is 7.99. The van der Waals surface area contributed by atoms with Crippen molar-refractivity contribution in [2.75, 3.05) is 0 Å². The van der Waals surface area contributed by atoms with E-state index in [0.717, 1.165) is 25.0 Å². The first-order valence-electron chi connectivity index (χ1n) is 7.18. The minimum Gasteiger partial charge on any atom is -0.480 e. The number of carbonyl (C=O) groups is 1. The molecule has 0 spiro atoms. The number of thioether (sulfide) groups is 1. The van der Waals surface area contributed by atoms with Crippen LogP contribution in [0.1, 0.15) is 38.7 Å². The van der Waals surface area contributed by atoms with Gasteiger partial charge in [0, 0.05) is 17.0 Å². The van der Waals surface area contributed by atoms with E-state index in [1.807, 2.05) is 43.8 Å². The van der Waals surface area contributed by atoms with Crippen LogP contribution in [-0.2, 0) is 10.5 Å². The van der Waals surface area contributed by atoms with E-state index in [-0.39, 0.29) is 6.04 Å². The third-order valence-electron chi connectivity index (χ3n) is 3.77. The zero-order valence-electron chi connectivity index (χ0n) is 12.1. The van der Waals surface area contributed by atoms with Gasteiger partial charge in [0.05, 0.1) is 0 Å². The maximum absolute atomic E-state index is 11.6. The van der Waals surface area contributed by atoms with E-state index in [0.29, 0.717) is 5.25 Å². The van der Waals surface area contributed by atoms with Crippen LogP contribution in [0, 0.1) is 0 Å². The Morgan fingerprint density at radius 1 is 1.45 bits per heavy atom. The van der Waals surface area contributed by atoms with Crippen molar-refractivity contribution < 1.29 is 9.90 Å². The fraction of sp³-hybridized carbons (Fsp3) is 0.562. The summed E-state index contributed by atoms with van der Waals surface area (Å²) in [5.41, 5.74) is 0.588. The van der Waals surface area contributed by atoms with E-state index in [2.05, 4.69) is 17.4 Å². The Balaban J connectivity index is 1.91. The van der Waals surface area contributed by atoms with Crippen LogP contribution in [-0.4, -0.2) is 27.9 Å². The Bertz CT molecular complexity index is 449. The first kappa shape index (κ1) is 15.4. The molecule has 2 unspecified atom stereocenters. The summed E-state index contributed by atoms with van der Waals surface area (Å²) in [6.07, 6.45) is 2.43. The van der Waals surface area contributed by atoms with Crippen molar-refractivity contribution in [3.05, 3.63) is 35.9 Å². The molecular formula is C16H23NO2S. The van der Waals surface area contributed by atoms with Crippen molar-refractivity contribution in [3.63, 3.8) is 0 Å². The van der Waals surface area contributed by atoms with Crippen LogP contribution in [0.15, 0.2) is 30.3 Å². The maximum atomic E-state index is 11.6. The summed E-state index contributed by atoms with van der Waals surface area (Å²) in [7, 11) is 0. The van der Waals surface area contributed by atoms with Gasteiger partial charge in [-0.05, 0) is 38.7 Å². The molecule has 3 nitrogen and oxygen atoms in total. The fourth-order valence-electron chi connectivity index (χ4n) is 2.87. The van der Waals surface area contributed by atoms with Crippen LogP contribution in [0.3, 0.4) is 0 Å². The topological polar surface area (TPSA) is 49.3 Å². The molecular weight excluding hydrogens is 270 g/mol. The summed E-state index contributed by atoms with van der Waals surface area (Å²) in [5, 5.41) is 13.2. The summed E-state index contributed by atoms with van der Waals surface area (Å²) in [5.74, 6) is 0.261. The van der Waals surface area contributed by atoms with E-state index in [1.165, 1.54) is 5.56 Å². The van der Waals surface area contributed by atoms with Crippen LogP contribution in [0.4, 0.5) is 0 Å². The molecule has 2 atom stereocenters. The Hall–Kier alpha value is -1.00. The number of benzene rings is 1. The van der Waals surface area contributed by atoms with Gasteiger partial charge in [0.15, 0.2) is 0 Å². The van der Waals surface area contributed by atoms with Crippen molar-refractivity contribution in [2.24, 2.45) is 0 Å². The van der Waals surface area contributed by atoms with Crippen LogP contribution >= 0.6 is 11.8 Å². The average Bonchev–Trinajstić information content (AvgIpc) is 2.81. The van der Waals surface area contributed by atoms with E-state index in [1.54, 1.807) is 0 Å². The van der Waals surface area contributed by atoms with Crippen LogP contribution in [0.2, 0.25) is 0 Å². The molecule has 2 rings (SSSR count). The van der Waals surface area contributed by atoms with E-state index >= 15 is 0 Å². The molecule has 1 aromatic rings. The highest BCUT2D eigenvalue weighted by Gasteiger charge is 2.45. The molecule has 0 saturated heterocycles. The monoisotopic (exact) mass is 293 g/mol. The highest BCUT2D eigenvalue weighted by Crippen LogP contribution is 2.38. The zero-order valence-corrected chi connectivity index (χ0v) is 13.0. The van der Waals surface area contributed by atoms with Crippen molar-refractivity contribution >= 4 is 17.7 Å². The minimum absolute atomic E-state index is 0.198. The lowest BCUT2D eigenvalue weighted by atomic mass is 9.97. The van der Waals surface area contributed by atoms with E-state index in [4.69, 9.17) is 0 Å². The van der Waals surface area contributed by atoms with Gasteiger partial charge >= 0.3 is 5.97 Å². The first-order valence-corrected chi connectivity index (χ1v) is 8.23. The number of carboxylic acid groups (broad SMARTS) is 1. The fourth-order valence-corrected chi connectivity index (χ4v) is 4.18. The van der Waals surface area contributed by atoms with Gasteiger partial charge in [0.1, 0.15) is 5.54 Å². The van der Waals surface area contributed by atoms with Crippen LogP contribution in [0.5, 0.6) is 0 Å². The number of aliphatic carboxylic acids is 1. The molecule has 1 aliphatic rings. The second kappa shape index (κ2) is 6.64. The van der Waals surface area contributed by atoms with Gasteiger partial charge in [-0.15, -0.1) is 0 Å². The number of carboxylic acids is 1. The Labute approximate surface area is 125 Å². The van der Waals surface area contributed by atoms with E-state index < -0.39 is 11.5 Å². The van der Waals surface area contributed by atoms with E-state index in [9.17, 15) is 9.90 Å². The molecule has 0 radical (unpaired) electrons. The third-order valence-corrected chi connectivity index (χ3v) is 5.15. The molecule has 1 aliphatic carbocycles. The third kappa shape index (κ3) is 3.76. The lowest BCUT2D eigenvalue weighted by Crippen LogP contribution is -2.53. The molecule has 0 heterocycles. The Morgan fingerprint density at radius 3 is 2.75 bits per heavy atom. The zero-order chi connectivity index (χ0) is 14.6. The summed E-state index contributed by atoms with van der Waals surface area (Å²) in [6, 6.07) is 10.6. The quantitative estimate of drug-likeness (QED) is 0.845. The molecule has 1 fully saturated rings. The summed E-state index contributed by atoms with van der Waals surface area (Å²) < 4.78 is 0. The van der Waals surface area contributed by atoms with Gasteiger partial charge in [0.2, 0.25) is 0 Å². The second-order valence-electron chi connectivity index (χ2n) is 5.85.